The first-order valence-electron chi connectivity index (χ1n) is 6.02. The van der Waals surface area contributed by atoms with Crippen molar-refractivity contribution in [2.45, 2.75) is 13.5 Å². The Labute approximate surface area is 106 Å². The van der Waals surface area contributed by atoms with E-state index < -0.39 is 0 Å². The Morgan fingerprint density at radius 1 is 1.11 bits per heavy atom. The van der Waals surface area contributed by atoms with Crippen molar-refractivity contribution >= 4 is 5.65 Å². The van der Waals surface area contributed by atoms with Crippen LogP contribution >= 0.6 is 0 Å². The van der Waals surface area contributed by atoms with Crippen LogP contribution in [0.5, 0.6) is 0 Å². The van der Waals surface area contributed by atoms with Crippen LogP contribution in [0.15, 0.2) is 48.7 Å². The number of nitrogens with zero attached hydrogens (tertiary/aromatic N) is 2. The molecule has 0 saturated carbocycles. The largest absolute Gasteiger partial charge is 0.326 e. The van der Waals surface area contributed by atoms with E-state index in [1.807, 2.05) is 24.4 Å². The second kappa shape index (κ2) is 4.27. The summed E-state index contributed by atoms with van der Waals surface area (Å²) in [4.78, 5) is 4.67. The molecule has 0 amide bonds. The van der Waals surface area contributed by atoms with Gasteiger partial charge in [0.25, 0.3) is 0 Å². The van der Waals surface area contributed by atoms with E-state index in [1.54, 1.807) is 0 Å². The summed E-state index contributed by atoms with van der Waals surface area (Å²) in [6, 6.07) is 14.3. The van der Waals surface area contributed by atoms with Gasteiger partial charge in [0.15, 0.2) is 0 Å². The van der Waals surface area contributed by atoms with Crippen LogP contribution < -0.4 is 5.73 Å². The molecule has 90 valence electrons. The van der Waals surface area contributed by atoms with Gasteiger partial charge in [0.05, 0.1) is 5.69 Å². The number of hydrogen-bond donors (Lipinski definition) is 1. The molecular formula is C15H15N3. The van der Waals surface area contributed by atoms with Crippen molar-refractivity contribution in [3.05, 3.63) is 59.9 Å². The number of nitrogens with two attached hydrogens (primary N) is 1. The summed E-state index contributed by atoms with van der Waals surface area (Å²) in [5.41, 5.74) is 11.1. The van der Waals surface area contributed by atoms with Gasteiger partial charge in [-0.2, -0.15) is 0 Å². The quantitative estimate of drug-likeness (QED) is 0.744. The van der Waals surface area contributed by atoms with Gasteiger partial charge in [-0.25, -0.2) is 4.98 Å². The third-order valence-corrected chi connectivity index (χ3v) is 3.23. The Hall–Kier alpha value is -2.13. The average Bonchev–Trinajstić information content (AvgIpc) is 2.77. The van der Waals surface area contributed by atoms with Crippen molar-refractivity contribution in [1.29, 1.82) is 0 Å². The highest BCUT2D eigenvalue weighted by Gasteiger charge is 2.09. The maximum atomic E-state index is 5.61. The van der Waals surface area contributed by atoms with Gasteiger partial charge in [-0.3, -0.25) is 0 Å². The highest BCUT2D eigenvalue weighted by atomic mass is 15.0. The van der Waals surface area contributed by atoms with Crippen LogP contribution in [0.2, 0.25) is 0 Å². The van der Waals surface area contributed by atoms with Crippen LogP contribution in [0, 0.1) is 6.92 Å². The number of imidazole rings is 1. The fourth-order valence-electron chi connectivity index (χ4n) is 2.19. The summed E-state index contributed by atoms with van der Waals surface area (Å²) < 4.78 is 2.10. The van der Waals surface area contributed by atoms with Gasteiger partial charge in [0.1, 0.15) is 5.65 Å². The molecule has 0 radical (unpaired) electrons. The summed E-state index contributed by atoms with van der Waals surface area (Å²) >= 11 is 0. The van der Waals surface area contributed by atoms with Gasteiger partial charge < -0.3 is 10.1 Å². The van der Waals surface area contributed by atoms with E-state index in [0.717, 1.165) is 28.2 Å². The first-order valence-corrected chi connectivity index (χ1v) is 6.02. The lowest BCUT2D eigenvalue weighted by Crippen LogP contribution is -1.95. The van der Waals surface area contributed by atoms with E-state index in [1.165, 1.54) is 0 Å². The van der Waals surface area contributed by atoms with Crippen molar-refractivity contribution in [3.8, 4) is 11.3 Å². The molecule has 3 aromatic rings. The molecule has 3 rings (SSSR count). The average molecular weight is 237 g/mol. The van der Waals surface area contributed by atoms with Crippen molar-refractivity contribution < 1.29 is 0 Å². The second-order valence-corrected chi connectivity index (χ2v) is 4.38. The number of fused-ring (bicyclic) bond motifs is 1. The Morgan fingerprint density at radius 2 is 1.89 bits per heavy atom. The molecule has 0 atom stereocenters. The molecule has 0 fully saturated rings. The van der Waals surface area contributed by atoms with Crippen LogP contribution in [0.3, 0.4) is 0 Å². The predicted octanol–water partition coefficient (Wildman–Crippen LogP) is 2.77. The summed E-state index contributed by atoms with van der Waals surface area (Å²) in [6.07, 6.45) is 2.04. The van der Waals surface area contributed by atoms with Crippen LogP contribution in [-0.4, -0.2) is 9.38 Å². The molecule has 2 heterocycles. The number of rotatable bonds is 2. The standard InChI is InChI=1S/C15H15N3/c1-11-15(13-7-5-12(10-16)6-8-13)17-14-4-2-3-9-18(11)14/h2-9H,10,16H2,1H3. The van der Waals surface area contributed by atoms with Crippen molar-refractivity contribution in [2.75, 3.05) is 0 Å². The number of benzene rings is 1. The minimum atomic E-state index is 0.574. The van der Waals surface area contributed by atoms with E-state index >= 15 is 0 Å². The SMILES string of the molecule is Cc1c(-c2ccc(CN)cc2)nc2ccccn12. The zero-order chi connectivity index (χ0) is 12.5. The van der Waals surface area contributed by atoms with E-state index in [2.05, 4.69) is 40.6 Å². The molecule has 1 aromatic carbocycles. The summed E-state index contributed by atoms with van der Waals surface area (Å²) in [7, 11) is 0. The zero-order valence-corrected chi connectivity index (χ0v) is 10.3. The molecule has 0 aliphatic rings. The molecular weight excluding hydrogens is 222 g/mol. The van der Waals surface area contributed by atoms with Crippen molar-refractivity contribution in [1.82, 2.24) is 9.38 Å². The molecule has 0 aliphatic heterocycles. The topological polar surface area (TPSA) is 43.3 Å². The van der Waals surface area contributed by atoms with Gasteiger partial charge in [0.2, 0.25) is 0 Å². The molecule has 3 nitrogen and oxygen atoms in total. The number of pyridine rings is 1. The Morgan fingerprint density at radius 3 is 2.56 bits per heavy atom. The van der Waals surface area contributed by atoms with Crippen LogP contribution in [0.25, 0.3) is 16.9 Å². The van der Waals surface area contributed by atoms with Gasteiger partial charge in [-0.1, -0.05) is 30.3 Å². The first-order chi connectivity index (χ1) is 8.79. The lowest BCUT2D eigenvalue weighted by Gasteiger charge is -2.01. The maximum absolute atomic E-state index is 5.61. The molecule has 3 heteroatoms. The molecule has 0 bridgehead atoms. The summed E-state index contributed by atoms with van der Waals surface area (Å²) in [6.45, 7) is 2.66. The molecule has 0 unspecified atom stereocenters. The number of hydrogen-bond acceptors (Lipinski definition) is 2. The minimum Gasteiger partial charge on any atom is -0.326 e. The normalized spacial score (nSPS) is 11.0. The number of aryl methyl sites for hydroxylation is 1. The summed E-state index contributed by atoms with van der Waals surface area (Å²) in [5.74, 6) is 0. The van der Waals surface area contributed by atoms with Gasteiger partial charge >= 0.3 is 0 Å². The fraction of sp³-hybridized carbons (Fsp3) is 0.133. The maximum Gasteiger partial charge on any atom is 0.137 e. The zero-order valence-electron chi connectivity index (χ0n) is 10.3. The smallest absolute Gasteiger partial charge is 0.137 e. The predicted molar refractivity (Wildman–Crippen MR) is 73.3 cm³/mol. The monoisotopic (exact) mass is 237 g/mol. The lowest BCUT2D eigenvalue weighted by molar-refractivity contribution is 1.07. The van der Waals surface area contributed by atoms with Gasteiger partial charge in [0, 0.05) is 24.0 Å². The highest BCUT2D eigenvalue weighted by Crippen LogP contribution is 2.23. The molecule has 2 aromatic heterocycles. The van der Waals surface area contributed by atoms with E-state index in [0.29, 0.717) is 6.54 Å². The summed E-state index contributed by atoms with van der Waals surface area (Å²) in [5, 5.41) is 0. The number of aromatic nitrogens is 2. The lowest BCUT2D eigenvalue weighted by atomic mass is 10.1. The van der Waals surface area contributed by atoms with E-state index in [9.17, 15) is 0 Å². The van der Waals surface area contributed by atoms with Crippen LogP contribution in [0.1, 0.15) is 11.3 Å². The Kier molecular flexibility index (Phi) is 2.61. The van der Waals surface area contributed by atoms with Crippen LogP contribution in [0.4, 0.5) is 0 Å². The molecule has 0 aliphatic carbocycles. The second-order valence-electron chi connectivity index (χ2n) is 4.38. The first kappa shape index (κ1) is 11.0. The van der Waals surface area contributed by atoms with Gasteiger partial charge in [-0.15, -0.1) is 0 Å². The molecule has 18 heavy (non-hydrogen) atoms. The third-order valence-electron chi connectivity index (χ3n) is 3.23. The molecule has 0 saturated heterocycles. The van der Waals surface area contributed by atoms with Crippen molar-refractivity contribution in [3.63, 3.8) is 0 Å². The van der Waals surface area contributed by atoms with E-state index in [-0.39, 0.29) is 0 Å². The molecule has 0 spiro atoms. The minimum absolute atomic E-state index is 0.574. The van der Waals surface area contributed by atoms with Gasteiger partial charge in [-0.05, 0) is 24.6 Å². The highest BCUT2D eigenvalue weighted by molar-refractivity contribution is 5.66. The Balaban J connectivity index is 2.15. The Bertz CT molecular complexity index is 681. The van der Waals surface area contributed by atoms with E-state index in [4.69, 9.17) is 5.73 Å². The third kappa shape index (κ3) is 1.69. The fourth-order valence-corrected chi connectivity index (χ4v) is 2.19. The van der Waals surface area contributed by atoms with Crippen molar-refractivity contribution in [2.24, 2.45) is 5.73 Å². The van der Waals surface area contributed by atoms with Crippen LogP contribution in [-0.2, 0) is 6.54 Å². The molecule has 2 N–H and O–H groups in total.